The van der Waals surface area contributed by atoms with Crippen molar-refractivity contribution in [1.82, 2.24) is 0 Å². The quantitative estimate of drug-likeness (QED) is 0.636. The Labute approximate surface area is 114 Å². The highest BCUT2D eigenvalue weighted by molar-refractivity contribution is 7.16. The van der Waals surface area contributed by atoms with E-state index in [0.717, 1.165) is 11.3 Å². The van der Waals surface area contributed by atoms with Crippen molar-refractivity contribution < 1.29 is 19.1 Å². The van der Waals surface area contributed by atoms with Crippen LogP contribution in [-0.4, -0.2) is 26.0 Å². The summed E-state index contributed by atoms with van der Waals surface area (Å²) in [6.45, 7) is 0. The molecule has 0 fully saturated rings. The maximum Gasteiger partial charge on any atom is 0.348 e. The topological polar surface area (TPSA) is 52.6 Å². The van der Waals surface area contributed by atoms with Gasteiger partial charge in [0.25, 0.3) is 0 Å². The number of hydrogen-bond donors (Lipinski definition) is 0. The number of carbonyl (C=O) groups is 2. The average Bonchev–Trinajstić information content (AvgIpc) is 2.95. The van der Waals surface area contributed by atoms with E-state index < -0.39 is 5.97 Å². The molecule has 0 aliphatic carbocycles. The minimum absolute atomic E-state index is 0.122. The molecule has 0 spiro atoms. The van der Waals surface area contributed by atoms with Gasteiger partial charge in [0.2, 0.25) is 5.78 Å². The number of benzene rings is 1. The molecule has 4 nitrogen and oxygen atoms in total. The summed E-state index contributed by atoms with van der Waals surface area (Å²) in [5, 5.41) is 0. The normalized spacial score (nSPS) is 10.0. The summed E-state index contributed by atoms with van der Waals surface area (Å²) in [5.41, 5.74) is 0.555. The number of ketones is 1. The van der Waals surface area contributed by atoms with Gasteiger partial charge >= 0.3 is 5.97 Å². The molecule has 2 rings (SSSR count). The van der Waals surface area contributed by atoms with Crippen molar-refractivity contribution in [2.75, 3.05) is 14.2 Å². The largest absolute Gasteiger partial charge is 0.497 e. The summed E-state index contributed by atoms with van der Waals surface area (Å²) < 4.78 is 9.64. The van der Waals surface area contributed by atoms with Gasteiger partial charge in [-0.15, -0.1) is 11.3 Å². The van der Waals surface area contributed by atoms with E-state index in [1.807, 2.05) is 0 Å². The number of hydrogen-bond acceptors (Lipinski definition) is 5. The first kappa shape index (κ1) is 13.3. The van der Waals surface area contributed by atoms with Crippen molar-refractivity contribution in [2.45, 2.75) is 0 Å². The smallest absolute Gasteiger partial charge is 0.348 e. The van der Waals surface area contributed by atoms with Gasteiger partial charge in [0.1, 0.15) is 10.6 Å². The van der Waals surface area contributed by atoms with Gasteiger partial charge in [-0.05, 0) is 36.4 Å². The van der Waals surface area contributed by atoms with Crippen LogP contribution in [0.15, 0.2) is 36.4 Å². The van der Waals surface area contributed by atoms with Crippen LogP contribution in [0.1, 0.15) is 24.9 Å². The summed E-state index contributed by atoms with van der Waals surface area (Å²) in [6, 6.07) is 10.1. The predicted octanol–water partition coefficient (Wildman–Crippen LogP) is 2.77. The van der Waals surface area contributed by atoms with Crippen LogP contribution < -0.4 is 4.74 Å². The zero-order valence-corrected chi connectivity index (χ0v) is 11.3. The Morgan fingerprint density at radius 3 is 2.16 bits per heavy atom. The van der Waals surface area contributed by atoms with E-state index in [1.54, 1.807) is 43.5 Å². The zero-order valence-electron chi connectivity index (χ0n) is 10.5. The van der Waals surface area contributed by atoms with Crippen LogP contribution in [0.4, 0.5) is 0 Å². The summed E-state index contributed by atoms with van der Waals surface area (Å²) >= 11 is 1.12. The first-order valence-electron chi connectivity index (χ1n) is 5.52. The summed E-state index contributed by atoms with van der Waals surface area (Å²) in [5.74, 6) is 0.138. The third-order valence-corrected chi connectivity index (χ3v) is 3.63. The van der Waals surface area contributed by atoms with Gasteiger partial charge in [0.05, 0.1) is 19.1 Å². The van der Waals surface area contributed by atoms with Gasteiger partial charge in [0, 0.05) is 5.56 Å². The van der Waals surface area contributed by atoms with Crippen LogP contribution in [0, 0.1) is 0 Å². The van der Waals surface area contributed by atoms with E-state index in [-0.39, 0.29) is 5.78 Å². The van der Waals surface area contributed by atoms with Crippen molar-refractivity contribution >= 4 is 23.1 Å². The molecule has 0 unspecified atom stereocenters. The molecular weight excluding hydrogens is 264 g/mol. The third kappa shape index (κ3) is 2.82. The molecule has 0 N–H and O–H groups in total. The molecule has 19 heavy (non-hydrogen) atoms. The molecule has 2 aromatic rings. The predicted molar refractivity (Wildman–Crippen MR) is 72.1 cm³/mol. The highest BCUT2D eigenvalue weighted by atomic mass is 32.1. The lowest BCUT2D eigenvalue weighted by atomic mass is 10.1. The Morgan fingerprint density at radius 2 is 1.58 bits per heavy atom. The number of carbonyl (C=O) groups excluding carboxylic acids is 2. The van der Waals surface area contributed by atoms with E-state index in [4.69, 9.17) is 4.74 Å². The molecule has 0 aliphatic rings. The molecule has 1 aromatic heterocycles. The van der Waals surface area contributed by atoms with Crippen molar-refractivity contribution in [3.05, 3.63) is 51.7 Å². The SMILES string of the molecule is COC(=O)c1ccc(C(=O)c2ccc(OC)cc2)s1. The maximum absolute atomic E-state index is 12.2. The van der Waals surface area contributed by atoms with Crippen LogP contribution in [0.3, 0.4) is 0 Å². The molecule has 0 saturated heterocycles. The number of esters is 1. The van der Waals surface area contributed by atoms with E-state index in [2.05, 4.69) is 4.74 Å². The molecule has 0 saturated carbocycles. The summed E-state index contributed by atoms with van der Waals surface area (Å²) in [4.78, 5) is 24.4. The second-order valence-corrected chi connectivity index (χ2v) is 4.80. The van der Waals surface area contributed by atoms with Gasteiger partial charge in [0.15, 0.2) is 0 Å². The van der Waals surface area contributed by atoms with E-state index in [9.17, 15) is 9.59 Å². The van der Waals surface area contributed by atoms with Crippen LogP contribution in [0.5, 0.6) is 5.75 Å². The fraction of sp³-hybridized carbons (Fsp3) is 0.143. The Bertz CT molecular complexity index is 598. The average molecular weight is 276 g/mol. The Kier molecular flexibility index (Phi) is 3.97. The molecule has 0 amide bonds. The molecular formula is C14H12O4S. The van der Waals surface area contributed by atoms with Gasteiger partial charge in [-0.25, -0.2) is 4.79 Å². The maximum atomic E-state index is 12.2. The lowest BCUT2D eigenvalue weighted by molar-refractivity contribution is 0.0606. The standard InChI is InChI=1S/C14H12O4S/c1-17-10-5-3-9(4-6-10)13(15)11-7-8-12(19-11)14(16)18-2/h3-8H,1-2H3. The van der Waals surface area contributed by atoms with Gasteiger partial charge in [-0.1, -0.05) is 0 Å². The molecule has 0 aliphatic heterocycles. The van der Waals surface area contributed by atoms with Crippen molar-refractivity contribution in [1.29, 1.82) is 0 Å². The van der Waals surface area contributed by atoms with Crippen LogP contribution in [0.2, 0.25) is 0 Å². The van der Waals surface area contributed by atoms with E-state index >= 15 is 0 Å². The second-order valence-electron chi connectivity index (χ2n) is 3.71. The monoisotopic (exact) mass is 276 g/mol. The van der Waals surface area contributed by atoms with Crippen molar-refractivity contribution in [2.24, 2.45) is 0 Å². The number of methoxy groups -OCH3 is 2. The lowest BCUT2D eigenvalue weighted by Gasteiger charge is -2.01. The van der Waals surface area contributed by atoms with Gasteiger partial charge in [-0.2, -0.15) is 0 Å². The highest BCUT2D eigenvalue weighted by Gasteiger charge is 2.15. The zero-order chi connectivity index (χ0) is 13.8. The summed E-state index contributed by atoms with van der Waals surface area (Å²) in [7, 11) is 2.88. The molecule has 0 radical (unpaired) electrons. The first-order valence-corrected chi connectivity index (χ1v) is 6.34. The number of thiophene rings is 1. The van der Waals surface area contributed by atoms with Gasteiger partial charge in [-0.3, -0.25) is 4.79 Å². The third-order valence-electron chi connectivity index (χ3n) is 2.57. The van der Waals surface area contributed by atoms with E-state index in [0.29, 0.717) is 21.1 Å². The molecule has 0 atom stereocenters. The van der Waals surface area contributed by atoms with Crippen LogP contribution >= 0.6 is 11.3 Å². The summed E-state index contributed by atoms with van der Waals surface area (Å²) in [6.07, 6.45) is 0. The Hall–Kier alpha value is -2.14. The van der Waals surface area contributed by atoms with Crippen molar-refractivity contribution in [3.8, 4) is 5.75 Å². The molecule has 5 heteroatoms. The number of ether oxygens (including phenoxy) is 2. The fourth-order valence-corrected chi connectivity index (χ4v) is 2.44. The Morgan fingerprint density at radius 1 is 0.947 bits per heavy atom. The minimum Gasteiger partial charge on any atom is -0.497 e. The number of rotatable bonds is 4. The fourth-order valence-electron chi connectivity index (χ4n) is 1.55. The van der Waals surface area contributed by atoms with Crippen LogP contribution in [-0.2, 0) is 4.74 Å². The highest BCUT2D eigenvalue weighted by Crippen LogP contribution is 2.22. The molecule has 1 aromatic carbocycles. The molecule has 98 valence electrons. The molecule has 0 bridgehead atoms. The first-order chi connectivity index (χ1) is 9.15. The minimum atomic E-state index is -0.432. The van der Waals surface area contributed by atoms with Gasteiger partial charge < -0.3 is 9.47 Å². The van der Waals surface area contributed by atoms with Crippen molar-refractivity contribution in [3.63, 3.8) is 0 Å². The second kappa shape index (κ2) is 5.67. The lowest BCUT2D eigenvalue weighted by Crippen LogP contribution is -1.99. The Balaban J connectivity index is 2.23. The van der Waals surface area contributed by atoms with Crippen LogP contribution in [0.25, 0.3) is 0 Å². The van der Waals surface area contributed by atoms with E-state index in [1.165, 1.54) is 7.11 Å². The molecule has 1 heterocycles.